The number of Topliss-reactive ketones (excluding diaryl/α,β-unsaturated/α-hetero) is 1. The van der Waals surface area contributed by atoms with Gasteiger partial charge >= 0.3 is 0 Å². The van der Waals surface area contributed by atoms with E-state index in [9.17, 15) is 4.79 Å². The number of carbonyl (C=O) groups excluding carboxylic acids is 1. The first-order valence-electron chi connectivity index (χ1n) is 8.11. The van der Waals surface area contributed by atoms with Crippen molar-refractivity contribution in [2.75, 3.05) is 27.1 Å². The van der Waals surface area contributed by atoms with Gasteiger partial charge in [0.05, 0.1) is 37.7 Å². The number of rotatable bonds is 8. The van der Waals surface area contributed by atoms with Crippen LogP contribution in [0.1, 0.15) is 10.4 Å². The fourth-order valence-electron chi connectivity index (χ4n) is 2.40. The van der Waals surface area contributed by atoms with Crippen molar-refractivity contribution < 1.29 is 23.4 Å². The molecule has 0 saturated heterocycles. The van der Waals surface area contributed by atoms with Gasteiger partial charge in [-0.05, 0) is 30.3 Å². The van der Waals surface area contributed by atoms with Gasteiger partial charge in [0.15, 0.2) is 5.78 Å². The van der Waals surface area contributed by atoms with Crippen molar-refractivity contribution in [3.8, 4) is 28.7 Å². The molecule has 0 fully saturated rings. The number of hydrogen-bond acceptors (Lipinski definition) is 8. The van der Waals surface area contributed by atoms with E-state index in [-0.39, 0.29) is 16.8 Å². The van der Waals surface area contributed by atoms with Crippen LogP contribution in [-0.4, -0.2) is 43.1 Å². The van der Waals surface area contributed by atoms with E-state index in [4.69, 9.17) is 30.2 Å². The van der Waals surface area contributed by atoms with Crippen LogP contribution in [0.5, 0.6) is 17.2 Å². The van der Waals surface area contributed by atoms with E-state index in [0.717, 1.165) is 11.8 Å². The summed E-state index contributed by atoms with van der Waals surface area (Å²) in [6, 6.07) is 10.2. The lowest BCUT2D eigenvalue weighted by molar-refractivity contribution is 0.102. The van der Waals surface area contributed by atoms with Crippen LogP contribution in [0, 0.1) is 0 Å². The van der Waals surface area contributed by atoms with Gasteiger partial charge in [0.25, 0.3) is 11.1 Å². The number of halogens is 1. The third kappa shape index (κ3) is 4.40. The largest absolute Gasteiger partial charge is 0.497 e. The smallest absolute Gasteiger partial charge is 0.277 e. The fraction of sp³-hybridized carbons (Fsp3) is 0.211. The molecular weight excluding hydrogens is 404 g/mol. The number of thioether (sulfide) groups is 1. The summed E-state index contributed by atoms with van der Waals surface area (Å²) in [6.45, 7) is 0. The zero-order valence-corrected chi connectivity index (χ0v) is 17.0. The van der Waals surface area contributed by atoms with Crippen molar-refractivity contribution in [2.45, 2.75) is 5.22 Å². The third-order valence-electron chi connectivity index (χ3n) is 3.85. The molecule has 0 spiro atoms. The summed E-state index contributed by atoms with van der Waals surface area (Å²) in [6.07, 6.45) is 0. The fourth-order valence-corrected chi connectivity index (χ4v) is 3.32. The van der Waals surface area contributed by atoms with Gasteiger partial charge < -0.3 is 18.6 Å². The summed E-state index contributed by atoms with van der Waals surface area (Å²) < 4.78 is 21.3. The highest BCUT2D eigenvalue weighted by Crippen LogP contribution is 2.34. The molecule has 1 aromatic heterocycles. The summed E-state index contributed by atoms with van der Waals surface area (Å²) in [5.74, 6) is 2.02. The normalized spacial score (nSPS) is 10.6. The minimum absolute atomic E-state index is 0.115. The average Bonchev–Trinajstić information content (AvgIpc) is 3.20. The third-order valence-corrected chi connectivity index (χ3v) is 4.96. The van der Waals surface area contributed by atoms with Gasteiger partial charge in [0, 0.05) is 11.6 Å². The SMILES string of the molecule is COc1ccc(-c2nnc(SCC(=O)c3ccc(OC)c(Cl)c3)o2)c(OC)c1. The van der Waals surface area contributed by atoms with Crippen LogP contribution in [0.2, 0.25) is 5.02 Å². The number of methoxy groups -OCH3 is 3. The number of ether oxygens (including phenoxy) is 3. The van der Waals surface area contributed by atoms with Gasteiger partial charge in [-0.1, -0.05) is 23.4 Å². The Kier molecular flexibility index (Phi) is 6.43. The Hall–Kier alpha value is -2.71. The Balaban J connectivity index is 1.70. The Morgan fingerprint density at radius 3 is 2.50 bits per heavy atom. The lowest BCUT2D eigenvalue weighted by atomic mass is 10.1. The second-order valence-electron chi connectivity index (χ2n) is 5.50. The van der Waals surface area contributed by atoms with Crippen LogP contribution in [0.3, 0.4) is 0 Å². The van der Waals surface area contributed by atoms with Crippen molar-refractivity contribution in [3.05, 3.63) is 47.0 Å². The van der Waals surface area contributed by atoms with Gasteiger partial charge in [0.1, 0.15) is 17.2 Å². The minimum Gasteiger partial charge on any atom is -0.497 e. The molecule has 1 heterocycles. The summed E-state index contributed by atoms with van der Waals surface area (Å²) in [5, 5.41) is 8.67. The molecule has 0 N–H and O–H groups in total. The maximum absolute atomic E-state index is 12.4. The molecule has 0 aliphatic carbocycles. The molecule has 7 nitrogen and oxygen atoms in total. The zero-order valence-electron chi connectivity index (χ0n) is 15.4. The second-order valence-corrected chi connectivity index (χ2v) is 6.83. The van der Waals surface area contributed by atoms with E-state index in [1.54, 1.807) is 50.6 Å². The van der Waals surface area contributed by atoms with Gasteiger partial charge in [0.2, 0.25) is 0 Å². The van der Waals surface area contributed by atoms with Gasteiger partial charge in [-0.3, -0.25) is 4.79 Å². The molecule has 0 aliphatic rings. The predicted octanol–water partition coefficient (Wildman–Crippen LogP) is 4.39. The second kappa shape index (κ2) is 8.99. The minimum atomic E-state index is -0.115. The van der Waals surface area contributed by atoms with E-state index >= 15 is 0 Å². The average molecular weight is 421 g/mol. The molecule has 3 aromatic rings. The Morgan fingerprint density at radius 1 is 1.04 bits per heavy atom. The van der Waals surface area contributed by atoms with E-state index < -0.39 is 0 Å². The Morgan fingerprint density at radius 2 is 1.82 bits per heavy atom. The maximum atomic E-state index is 12.4. The topological polar surface area (TPSA) is 83.7 Å². The van der Waals surface area contributed by atoms with Gasteiger partial charge in [-0.2, -0.15) is 0 Å². The first kappa shape index (κ1) is 20.0. The number of benzene rings is 2. The van der Waals surface area contributed by atoms with Crippen LogP contribution in [-0.2, 0) is 0 Å². The molecule has 0 bridgehead atoms. The molecule has 0 amide bonds. The Labute approximate surface area is 171 Å². The first-order valence-corrected chi connectivity index (χ1v) is 9.47. The number of nitrogens with zero attached hydrogens (tertiary/aromatic N) is 2. The number of hydrogen-bond donors (Lipinski definition) is 0. The van der Waals surface area contributed by atoms with Crippen LogP contribution < -0.4 is 14.2 Å². The Bertz CT molecular complexity index is 992. The van der Waals surface area contributed by atoms with E-state index in [1.165, 1.54) is 7.11 Å². The molecule has 0 saturated carbocycles. The van der Waals surface area contributed by atoms with Gasteiger partial charge in [-0.15, -0.1) is 10.2 Å². The van der Waals surface area contributed by atoms with Gasteiger partial charge in [-0.25, -0.2) is 0 Å². The summed E-state index contributed by atoms with van der Waals surface area (Å²) in [4.78, 5) is 12.4. The molecule has 28 heavy (non-hydrogen) atoms. The zero-order chi connectivity index (χ0) is 20.1. The molecule has 3 rings (SSSR count). The standard InChI is InChI=1S/C19H17ClN2O5S/c1-24-12-5-6-13(17(9-12)26-3)18-21-22-19(27-18)28-10-15(23)11-4-7-16(25-2)14(20)8-11/h4-9H,10H2,1-3H3. The highest BCUT2D eigenvalue weighted by atomic mass is 35.5. The quantitative estimate of drug-likeness (QED) is 0.392. The molecule has 0 radical (unpaired) electrons. The van der Waals surface area contributed by atoms with Crippen LogP contribution in [0.25, 0.3) is 11.5 Å². The maximum Gasteiger partial charge on any atom is 0.277 e. The van der Waals surface area contributed by atoms with Crippen molar-refractivity contribution in [1.82, 2.24) is 10.2 Å². The highest BCUT2D eigenvalue weighted by Gasteiger charge is 2.16. The van der Waals surface area contributed by atoms with Crippen molar-refractivity contribution >= 4 is 29.1 Å². The predicted molar refractivity (Wildman–Crippen MR) is 106 cm³/mol. The molecule has 0 unspecified atom stereocenters. The van der Waals surface area contributed by atoms with Crippen LogP contribution >= 0.6 is 23.4 Å². The van der Waals surface area contributed by atoms with E-state index in [0.29, 0.717) is 39.3 Å². The van der Waals surface area contributed by atoms with E-state index in [2.05, 4.69) is 10.2 Å². The molecule has 0 aliphatic heterocycles. The first-order chi connectivity index (χ1) is 13.5. The van der Waals surface area contributed by atoms with E-state index in [1.807, 2.05) is 0 Å². The molecule has 146 valence electrons. The highest BCUT2D eigenvalue weighted by molar-refractivity contribution is 7.99. The molecular formula is C19H17ClN2O5S. The number of carbonyl (C=O) groups is 1. The monoisotopic (exact) mass is 420 g/mol. The lowest BCUT2D eigenvalue weighted by Crippen LogP contribution is -2.02. The summed E-state index contributed by atoms with van der Waals surface area (Å²) >= 11 is 7.21. The van der Waals surface area contributed by atoms with Crippen molar-refractivity contribution in [1.29, 1.82) is 0 Å². The number of aromatic nitrogens is 2. The molecule has 2 aromatic carbocycles. The molecule has 0 atom stereocenters. The lowest BCUT2D eigenvalue weighted by Gasteiger charge is -2.07. The van der Waals surface area contributed by atoms with Crippen LogP contribution in [0.15, 0.2) is 46.0 Å². The molecule has 9 heteroatoms. The van der Waals surface area contributed by atoms with Crippen LogP contribution in [0.4, 0.5) is 0 Å². The summed E-state index contributed by atoms with van der Waals surface area (Å²) in [5.41, 5.74) is 1.12. The summed E-state index contributed by atoms with van der Waals surface area (Å²) in [7, 11) is 4.63. The van der Waals surface area contributed by atoms with Crippen molar-refractivity contribution in [2.24, 2.45) is 0 Å². The van der Waals surface area contributed by atoms with Crippen molar-refractivity contribution in [3.63, 3.8) is 0 Å². The number of ketones is 1.